The second-order valence-corrected chi connectivity index (χ2v) is 1.72. The van der Waals surface area contributed by atoms with E-state index in [1.165, 1.54) is 0 Å². The summed E-state index contributed by atoms with van der Waals surface area (Å²) in [6.07, 6.45) is 3.83. The van der Waals surface area contributed by atoms with Gasteiger partial charge in [0.25, 0.3) is 6.17 Å². The lowest BCUT2D eigenvalue weighted by atomic mass is 10.3. The highest BCUT2D eigenvalue weighted by molar-refractivity contribution is 4.81. The zero-order chi connectivity index (χ0) is 4.41. The number of halogens is 1. The summed E-state index contributed by atoms with van der Waals surface area (Å²) in [5.74, 6) is 0. The highest BCUT2D eigenvalue weighted by Gasteiger charge is 2.25. The van der Waals surface area contributed by atoms with Crippen molar-refractivity contribution in [2.75, 3.05) is 0 Å². The highest BCUT2D eigenvalue weighted by Crippen LogP contribution is 2.26. The maximum Gasteiger partial charge on any atom is 0.299 e. The van der Waals surface area contributed by atoms with Gasteiger partial charge >= 0.3 is 0 Å². The second-order valence-electron chi connectivity index (χ2n) is 1.72. The van der Waals surface area contributed by atoms with Crippen LogP contribution in [0.25, 0.3) is 0 Å². The lowest BCUT2D eigenvalue weighted by molar-refractivity contribution is 0.478. The Hall–Kier alpha value is -0.200. The maximum atomic E-state index is 11.8. The summed E-state index contributed by atoms with van der Waals surface area (Å²) in [7, 11) is 0. The largest absolute Gasteiger partial charge is 0.299 e. The van der Waals surface area contributed by atoms with Gasteiger partial charge in [-0.25, -0.2) is 0 Å². The molecule has 1 heteroatoms. The first kappa shape index (κ1) is 3.97. The Labute approximate surface area is 37.4 Å². The first-order valence-corrected chi connectivity index (χ1v) is 2.40. The molecule has 0 amide bonds. The molecule has 0 unspecified atom stereocenters. The van der Waals surface area contributed by atoms with Gasteiger partial charge in [-0.2, -0.15) is 0 Å². The first-order chi connectivity index (χ1) is 2.89. The molecule has 0 N–H and O–H groups in total. The lowest BCUT2D eigenvalue weighted by Gasteiger charge is -1.68. The SMILES string of the molecule is F[C+]1CCCC1. The van der Waals surface area contributed by atoms with Crippen LogP contribution < -0.4 is 0 Å². The van der Waals surface area contributed by atoms with Gasteiger partial charge in [-0.05, 0) is 17.2 Å². The zero-order valence-corrected chi connectivity index (χ0v) is 3.71. The molecule has 0 spiro atoms. The molecule has 1 aliphatic rings. The molecule has 1 saturated carbocycles. The van der Waals surface area contributed by atoms with Crippen LogP contribution in [0, 0.1) is 6.17 Å². The van der Waals surface area contributed by atoms with E-state index in [0.717, 1.165) is 25.7 Å². The van der Waals surface area contributed by atoms with Gasteiger partial charge in [0.2, 0.25) is 0 Å². The minimum atomic E-state index is 0.204. The third-order valence-electron chi connectivity index (χ3n) is 1.15. The minimum absolute atomic E-state index is 0.204. The van der Waals surface area contributed by atoms with Crippen LogP contribution in [0.4, 0.5) is 4.39 Å². The van der Waals surface area contributed by atoms with Gasteiger partial charge in [0.15, 0.2) is 0 Å². The van der Waals surface area contributed by atoms with Crippen molar-refractivity contribution in [3.63, 3.8) is 0 Å². The fourth-order valence-electron chi connectivity index (χ4n) is 0.759. The van der Waals surface area contributed by atoms with Crippen molar-refractivity contribution in [1.29, 1.82) is 0 Å². The van der Waals surface area contributed by atoms with Crippen molar-refractivity contribution < 1.29 is 4.39 Å². The number of hydrogen-bond donors (Lipinski definition) is 0. The van der Waals surface area contributed by atoms with E-state index in [1.807, 2.05) is 0 Å². The summed E-state index contributed by atoms with van der Waals surface area (Å²) in [5.41, 5.74) is 0. The predicted octanol–water partition coefficient (Wildman–Crippen LogP) is 2.06. The van der Waals surface area contributed by atoms with Crippen molar-refractivity contribution in [3.8, 4) is 0 Å². The monoisotopic (exact) mass is 87.1 g/mol. The molecule has 0 radical (unpaired) electrons. The second kappa shape index (κ2) is 1.50. The zero-order valence-electron chi connectivity index (χ0n) is 3.71. The Morgan fingerprint density at radius 2 is 1.67 bits per heavy atom. The molecule has 0 heterocycles. The van der Waals surface area contributed by atoms with E-state index in [9.17, 15) is 4.39 Å². The van der Waals surface area contributed by atoms with Crippen LogP contribution in [0.15, 0.2) is 0 Å². The van der Waals surface area contributed by atoms with E-state index >= 15 is 0 Å². The minimum Gasteiger partial charge on any atom is -0.00844 e. The molecular formula is C5H8F+. The van der Waals surface area contributed by atoms with Crippen LogP contribution in [0.5, 0.6) is 0 Å². The Kier molecular flexibility index (Phi) is 0.992. The summed E-state index contributed by atoms with van der Waals surface area (Å²) in [6, 6.07) is 0. The van der Waals surface area contributed by atoms with Crippen LogP contribution in [-0.2, 0) is 0 Å². The third-order valence-corrected chi connectivity index (χ3v) is 1.15. The molecule has 1 aliphatic carbocycles. The van der Waals surface area contributed by atoms with Crippen LogP contribution in [0.3, 0.4) is 0 Å². The summed E-state index contributed by atoms with van der Waals surface area (Å²) < 4.78 is 11.8. The van der Waals surface area contributed by atoms with E-state index in [1.54, 1.807) is 0 Å². The maximum absolute atomic E-state index is 11.8. The van der Waals surface area contributed by atoms with Gasteiger partial charge in [-0.15, -0.1) is 0 Å². The van der Waals surface area contributed by atoms with Crippen LogP contribution in [0.2, 0.25) is 0 Å². The molecule has 0 aromatic heterocycles. The Balaban J connectivity index is 2.18. The van der Waals surface area contributed by atoms with E-state index in [2.05, 4.69) is 0 Å². The molecule has 0 saturated heterocycles. The Morgan fingerprint density at radius 1 is 1.17 bits per heavy atom. The molecule has 6 heavy (non-hydrogen) atoms. The third kappa shape index (κ3) is 0.644. The summed E-state index contributed by atoms with van der Waals surface area (Å²) >= 11 is 0. The Morgan fingerprint density at radius 3 is 1.83 bits per heavy atom. The normalized spacial score (nSPS) is 22.5. The quantitative estimate of drug-likeness (QED) is 0.397. The molecular weight excluding hydrogens is 79.1 g/mol. The van der Waals surface area contributed by atoms with Gasteiger partial charge in [-0.3, -0.25) is 0 Å². The molecule has 34 valence electrons. The highest BCUT2D eigenvalue weighted by atomic mass is 19.1. The van der Waals surface area contributed by atoms with Crippen molar-refractivity contribution in [2.45, 2.75) is 25.7 Å². The van der Waals surface area contributed by atoms with Gasteiger partial charge in [-0.1, -0.05) is 0 Å². The van der Waals surface area contributed by atoms with Gasteiger partial charge in [0, 0.05) is 0 Å². The molecule has 0 aliphatic heterocycles. The van der Waals surface area contributed by atoms with Crippen molar-refractivity contribution >= 4 is 0 Å². The predicted molar refractivity (Wildman–Crippen MR) is 22.8 cm³/mol. The fourth-order valence-corrected chi connectivity index (χ4v) is 0.759. The van der Waals surface area contributed by atoms with Crippen LogP contribution in [-0.4, -0.2) is 0 Å². The van der Waals surface area contributed by atoms with Crippen molar-refractivity contribution in [3.05, 3.63) is 6.17 Å². The number of hydrogen-bond acceptors (Lipinski definition) is 0. The van der Waals surface area contributed by atoms with E-state index in [0.29, 0.717) is 0 Å². The molecule has 0 bridgehead atoms. The summed E-state index contributed by atoms with van der Waals surface area (Å²) in [5, 5.41) is 0. The fraction of sp³-hybridized carbons (Fsp3) is 0.800. The first-order valence-electron chi connectivity index (χ1n) is 2.40. The van der Waals surface area contributed by atoms with E-state index in [4.69, 9.17) is 0 Å². The molecule has 0 atom stereocenters. The van der Waals surface area contributed by atoms with Gasteiger partial charge < -0.3 is 0 Å². The standard InChI is InChI=1S/C5H8F/c6-5-3-1-2-4-5/h1-4H2/q+1. The molecule has 1 fully saturated rings. The van der Waals surface area contributed by atoms with Crippen LogP contribution in [0.1, 0.15) is 25.7 Å². The molecule has 0 nitrogen and oxygen atoms in total. The van der Waals surface area contributed by atoms with Crippen molar-refractivity contribution in [2.24, 2.45) is 0 Å². The Bertz CT molecular complexity index is 37.2. The lowest BCUT2D eigenvalue weighted by Crippen LogP contribution is -1.71. The van der Waals surface area contributed by atoms with E-state index in [-0.39, 0.29) is 6.17 Å². The summed E-state index contributed by atoms with van der Waals surface area (Å²) in [6.45, 7) is 0. The van der Waals surface area contributed by atoms with Crippen molar-refractivity contribution in [1.82, 2.24) is 0 Å². The average Bonchev–Trinajstić information content (AvgIpc) is 1.86. The number of rotatable bonds is 0. The average molecular weight is 87.1 g/mol. The van der Waals surface area contributed by atoms with Gasteiger partial charge in [0.05, 0.1) is 0 Å². The molecule has 0 aromatic rings. The topological polar surface area (TPSA) is 0 Å². The molecule has 1 rings (SSSR count). The van der Waals surface area contributed by atoms with Crippen LogP contribution >= 0.6 is 0 Å². The van der Waals surface area contributed by atoms with Gasteiger partial charge in [0.1, 0.15) is 12.8 Å². The smallest absolute Gasteiger partial charge is 0.00844 e. The van der Waals surface area contributed by atoms with E-state index < -0.39 is 0 Å². The molecule has 0 aromatic carbocycles. The summed E-state index contributed by atoms with van der Waals surface area (Å²) in [4.78, 5) is 0.